The van der Waals surface area contributed by atoms with Gasteiger partial charge in [0.05, 0.1) is 0 Å². The van der Waals surface area contributed by atoms with Gasteiger partial charge in [-0.05, 0) is 37.3 Å². The molecule has 0 aromatic heterocycles. The summed E-state index contributed by atoms with van der Waals surface area (Å²) in [7, 11) is 0. The fraction of sp³-hybridized carbons (Fsp3) is 0.625. The van der Waals surface area contributed by atoms with E-state index in [1.807, 2.05) is 0 Å². The van der Waals surface area contributed by atoms with Crippen molar-refractivity contribution in [1.82, 2.24) is 5.32 Å². The highest BCUT2D eigenvalue weighted by molar-refractivity contribution is 5.25. The van der Waals surface area contributed by atoms with E-state index >= 15 is 0 Å². The van der Waals surface area contributed by atoms with Gasteiger partial charge >= 0.3 is 0 Å². The molecule has 0 spiro atoms. The molecule has 1 unspecified atom stereocenters. The van der Waals surface area contributed by atoms with Crippen molar-refractivity contribution in [3.63, 3.8) is 0 Å². The normalized spacial score (nSPS) is 13.0. The first-order valence-corrected chi connectivity index (χ1v) is 6.90. The Morgan fingerprint density at radius 2 is 1.94 bits per heavy atom. The van der Waals surface area contributed by atoms with Crippen LogP contribution in [0.3, 0.4) is 0 Å². The van der Waals surface area contributed by atoms with Crippen LogP contribution in [0, 0.1) is 12.8 Å². The van der Waals surface area contributed by atoms with Crippen molar-refractivity contribution in [2.45, 2.75) is 46.5 Å². The van der Waals surface area contributed by atoms with Gasteiger partial charge in [0.15, 0.2) is 0 Å². The molecule has 0 amide bonds. The van der Waals surface area contributed by atoms with Crippen LogP contribution in [0.15, 0.2) is 24.3 Å². The van der Waals surface area contributed by atoms with E-state index < -0.39 is 0 Å². The number of nitrogens with one attached hydrogen (secondary N) is 1. The van der Waals surface area contributed by atoms with Crippen LogP contribution >= 0.6 is 0 Å². The van der Waals surface area contributed by atoms with Crippen LogP contribution in [0.2, 0.25) is 0 Å². The molecule has 1 aromatic carbocycles. The van der Waals surface area contributed by atoms with Gasteiger partial charge in [0.1, 0.15) is 0 Å². The molecule has 0 radical (unpaired) electrons. The largest absolute Gasteiger partial charge is 0.316 e. The number of aryl methyl sites for hydroxylation is 1. The maximum atomic E-state index is 3.59. The molecule has 1 atom stereocenters. The van der Waals surface area contributed by atoms with Crippen LogP contribution in [0.1, 0.15) is 50.7 Å². The van der Waals surface area contributed by atoms with E-state index in [0.29, 0.717) is 5.92 Å². The molecule has 0 aliphatic carbocycles. The monoisotopic (exact) mass is 233 g/mol. The fourth-order valence-corrected chi connectivity index (χ4v) is 2.21. The Hall–Kier alpha value is -0.820. The Morgan fingerprint density at radius 3 is 2.53 bits per heavy atom. The molecule has 1 heteroatoms. The Kier molecular flexibility index (Phi) is 6.28. The van der Waals surface area contributed by atoms with Gasteiger partial charge in [0.25, 0.3) is 0 Å². The Balaban J connectivity index is 2.58. The van der Waals surface area contributed by atoms with Gasteiger partial charge in [0, 0.05) is 6.54 Å². The Morgan fingerprint density at radius 1 is 1.18 bits per heavy atom. The number of hydrogen-bond acceptors (Lipinski definition) is 1. The van der Waals surface area contributed by atoms with Crippen LogP contribution in [0.4, 0.5) is 0 Å². The van der Waals surface area contributed by atoms with Gasteiger partial charge in [-0.15, -0.1) is 0 Å². The molecule has 0 aliphatic heterocycles. The van der Waals surface area contributed by atoms with Crippen molar-refractivity contribution in [3.8, 4) is 0 Å². The van der Waals surface area contributed by atoms with Gasteiger partial charge in [0.2, 0.25) is 0 Å². The lowest BCUT2D eigenvalue weighted by Crippen LogP contribution is -2.25. The zero-order chi connectivity index (χ0) is 12.7. The highest BCUT2D eigenvalue weighted by Crippen LogP contribution is 2.21. The topological polar surface area (TPSA) is 12.0 Å². The first-order chi connectivity index (χ1) is 8.13. The third kappa shape index (κ3) is 5.36. The van der Waals surface area contributed by atoms with E-state index in [2.05, 4.69) is 57.3 Å². The van der Waals surface area contributed by atoms with Gasteiger partial charge in [-0.3, -0.25) is 0 Å². The third-order valence-corrected chi connectivity index (χ3v) is 3.09. The van der Waals surface area contributed by atoms with E-state index in [-0.39, 0.29) is 0 Å². The van der Waals surface area contributed by atoms with E-state index in [1.54, 1.807) is 0 Å². The predicted octanol–water partition coefficient (Wildman–Crippen LogP) is 4.12. The highest BCUT2D eigenvalue weighted by atomic mass is 14.9. The van der Waals surface area contributed by atoms with Crippen LogP contribution in [-0.4, -0.2) is 13.1 Å². The average molecular weight is 233 g/mol. The summed E-state index contributed by atoms with van der Waals surface area (Å²) >= 11 is 0. The van der Waals surface area contributed by atoms with Gasteiger partial charge in [-0.2, -0.15) is 0 Å². The number of benzene rings is 1. The molecule has 1 aromatic rings. The lowest BCUT2D eigenvalue weighted by atomic mass is 9.93. The van der Waals surface area contributed by atoms with Crippen molar-refractivity contribution in [1.29, 1.82) is 0 Å². The molecule has 96 valence electrons. The molecule has 17 heavy (non-hydrogen) atoms. The van der Waals surface area contributed by atoms with Crippen molar-refractivity contribution in [2.75, 3.05) is 13.1 Å². The van der Waals surface area contributed by atoms with E-state index in [0.717, 1.165) is 19.0 Å². The summed E-state index contributed by atoms with van der Waals surface area (Å²) in [6, 6.07) is 8.95. The molecule has 1 N–H and O–H groups in total. The van der Waals surface area contributed by atoms with Crippen LogP contribution < -0.4 is 5.32 Å². The molecule has 1 rings (SSSR count). The SMILES string of the molecule is CCCC(CNCC(C)C)c1cccc(C)c1. The second-order valence-corrected chi connectivity index (χ2v) is 5.45. The first kappa shape index (κ1) is 14.2. The molecular formula is C16H27N. The summed E-state index contributed by atoms with van der Waals surface area (Å²) in [6.45, 7) is 11.2. The summed E-state index contributed by atoms with van der Waals surface area (Å²) < 4.78 is 0. The zero-order valence-electron chi connectivity index (χ0n) is 11.8. The van der Waals surface area contributed by atoms with Gasteiger partial charge in [-0.25, -0.2) is 0 Å². The minimum absolute atomic E-state index is 0.665. The van der Waals surface area contributed by atoms with E-state index in [4.69, 9.17) is 0 Å². The molecule has 0 fully saturated rings. The van der Waals surface area contributed by atoms with E-state index in [9.17, 15) is 0 Å². The molecule has 0 saturated carbocycles. The highest BCUT2D eigenvalue weighted by Gasteiger charge is 2.10. The van der Waals surface area contributed by atoms with Crippen molar-refractivity contribution in [3.05, 3.63) is 35.4 Å². The van der Waals surface area contributed by atoms with Crippen LogP contribution in [0.25, 0.3) is 0 Å². The van der Waals surface area contributed by atoms with Crippen LogP contribution in [0.5, 0.6) is 0 Å². The van der Waals surface area contributed by atoms with Crippen LogP contribution in [-0.2, 0) is 0 Å². The molecule has 0 aliphatic rings. The summed E-state index contributed by atoms with van der Waals surface area (Å²) in [5, 5.41) is 3.59. The summed E-state index contributed by atoms with van der Waals surface area (Å²) in [5.41, 5.74) is 2.86. The van der Waals surface area contributed by atoms with E-state index in [1.165, 1.54) is 24.0 Å². The third-order valence-electron chi connectivity index (χ3n) is 3.09. The summed E-state index contributed by atoms with van der Waals surface area (Å²) in [6.07, 6.45) is 2.52. The molecule has 0 heterocycles. The maximum absolute atomic E-state index is 3.59. The predicted molar refractivity (Wildman–Crippen MR) is 76.5 cm³/mol. The Bertz CT molecular complexity index is 317. The average Bonchev–Trinajstić information content (AvgIpc) is 2.27. The summed E-state index contributed by atoms with van der Waals surface area (Å²) in [4.78, 5) is 0. The number of rotatable bonds is 7. The zero-order valence-corrected chi connectivity index (χ0v) is 11.8. The van der Waals surface area contributed by atoms with Crippen molar-refractivity contribution < 1.29 is 0 Å². The minimum atomic E-state index is 0.665. The number of hydrogen-bond donors (Lipinski definition) is 1. The smallest absolute Gasteiger partial charge is 0.00202 e. The fourth-order valence-electron chi connectivity index (χ4n) is 2.21. The molecule has 0 bridgehead atoms. The Labute approximate surface area is 107 Å². The maximum Gasteiger partial charge on any atom is 0.00202 e. The second-order valence-electron chi connectivity index (χ2n) is 5.45. The van der Waals surface area contributed by atoms with Crippen molar-refractivity contribution in [2.24, 2.45) is 5.92 Å². The second kappa shape index (κ2) is 7.50. The minimum Gasteiger partial charge on any atom is -0.316 e. The molecule has 0 saturated heterocycles. The summed E-state index contributed by atoms with van der Waals surface area (Å²) in [5.74, 6) is 1.40. The standard InChI is InChI=1S/C16H27N/c1-5-7-16(12-17-11-13(2)3)15-9-6-8-14(4)10-15/h6,8-10,13,16-17H,5,7,11-12H2,1-4H3. The molecule has 1 nitrogen and oxygen atoms in total. The molecular weight excluding hydrogens is 206 g/mol. The lowest BCUT2D eigenvalue weighted by molar-refractivity contribution is 0.497. The quantitative estimate of drug-likeness (QED) is 0.747. The van der Waals surface area contributed by atoms with Gasteiger partial charge < -0.3 is 5.32 Å². The lowest BCUT2D eigenvalue weighted by Gasteiger charge is -2.18. The van der Waals surface area contributed by atoms with Crippen molar-refractivity contribution >= 4 is 0 Å². The first-order valence-electron chi connectivity index (χ1n) is 6.90. The van der Waals surface area contributed by atoms with Gasteiger partial charge in [-0.1, -0.05) is 57.0 Å².